The van der Waals surface area contributed by atoms with Crippen LogP contribution in [-0.2, 0) is 0 Å². The molecule has 0 bridgehead atoms. The Bertz CT molecular complexity index is 4090. The minimum absolute atomic E-state index is 0.155. The molecule has 3 heterocycles. The van der Waals surface area contributed by atoms with Crippen LogP contribution in [0.2, 0.25) is 0 Å². The van der Waals surface area contributed by atoms with Crippen LogP contribution in [0.25, 0.3) is 111 Å². The predicted molar refractivity (Wildman–Crippen MR) is 227 cm³/mol. The van der Waals surface area contributed by atoms with Crippen molar-refractivity contribution in [3.63, 3.8) is 0 Å². The van der Waals surface area contributed by atoms with Crippen molar-refractivity contribution in [1.82, 2.24) is 15.0 Å². The average Bonchev–Trinajstić information content (AvgIpc) is 3.98. The normalized spacial score (nSPS) is 15.3. The summed E-state index contributed by atoms with van der Waals surface area (Å²) in [5, 5.41) is 0.875. The van der Waals surface area contributed by atoms with Crippen LogP contribution in [0.5, 0.6) is 0 Å². The van der Waals surface area contributed by atoms with Gasteiger partial charge in [-0.3, -0.25) is 0 Å². The molecule has 11 rings (SSSR count). The largest absolute Gasteiger partial charge is 0.456 e. The molecule has 0 aliphatic heterocycles. The molecular weight excluding hydrogens is 687 g/mol. The average molecular weight is 733 g/mol. The molecule has 0 saturated heterocycles. The maximum Gasteiger partial charge on any atom is 0.164 e. The van der Waals surface area contributed by atoms with Crippen LogP contribution >= 0.6 is 0 Å². The minimum atomic E-state index is -0.853. The molecule has 5 heteroatoms. The van der Waals surface area contributed by atoms with Gasteiger partial charge in [-0.05, 0) is 75.7 Å². The smallest absolute Gasteiger partial charge is 0.164 e. The van der Waals surface area contributed by atoms with E-state index in [1.165, 1.54) is 0 Å². The van der Waals surface area contributed by atoms with Gasteiger partial charge in [0.15, 0.2) is 17.5 Å². The van der Waals surface area contributed by atoms with Crippen LogP contribution in [0, 0.1) is 0 Å². The minimum Gasteiger partial charge on any atom is -0.456 e. The Hall–Kier alpha value is -7.63. The van der Waals surface area contributed by atoms with E-state index < -0.39 is 118 Å². The quantitative estimate of drug-likeness (QED) is 0.170. The van der Waals surface area contributed by atoms with E-state index in [-0.39, 0.29) is 39.4 Å². The maximum absolute atomic E-state index is 9.61. The Morgan fingerprint density at radius 1 is 0.339 bits per heavy atom. The fraction of sp³-hybridized carbons (Fsp3) is 0. The Morgan fingerprint density at radius 3 is 1.84 bits per heavy atom. The van der Waals surface area contributed by atoms with Crippen molar-refractivity contribution in [3.8, 4) is 67.5 Å². The first-order valence-corrected chi connectivity index (χ1v) is 17.5. The highest BCUT2D eigenvalue weighted by atomic mass is 16.3. The molecule has 0 fully saturated rings. The lowest BCUT2D eigenvalue weighted by Gasteiger charge is -2.10. The van der Waals surface area contributed by atoms with Crippen molar-refractivity contribution < 1.29 is 29.4 Å². The Kier molecular flexibility index (Phi) is 4.70. The lowest BCUT2D eigenvalue weighted by molar-refractivity contribution is 0.668. The number of aromatic nitrogens is 3. The van der Waals surface area contributed by atoms with Crippen LogP contribution in [0.1, 0.15) is 20.6 Å². The first-order chi connectivity index (χ1) is 34.0. The topological polar surface area (TPSA) is 65.0 Å². The highest BCUT2D eigenvalue weighted by Crippen LogP contribution is 2.38. The van der Waals surface area contributed by atoms with Gasteiger partial charge in [0.2, 0.25) is 0 Å². The molecule has 262 valence electrons. The summed E-state index contributed by atoms with van der Waals surface area (Å²) in [6.07, 6.45) is 0. The molecular formula is C51H31N3O2. The van der Waals surface area contributed by atoms with Gasteiger partial charge in [-0.15, -0.1) is 0 Å². The van der Waals surface area contributed by atoms with Gasteiger partial charge in [-0.2, -0.15) is 0 Å². The molecule has 56 heavy (non-hydrogen) atoms. The van der Waals surface area contributed by atoms with Crippen molar-refractivity contribution >= 4 is 43.9 Å². The number of para-hydroxylation sites is 1. The molecule has 0 spiro atoms. The van der Waals surface area contributed by atoms with E-state index in [0.717, 1.165) is 16.5 Å². The first kappa shape index (κ1) is 20.2. The number of hydrogen-bond donors (Lipinski definition) is 0. The van der Waals surface area contributed by atoms with Crippen LogP contribution in [0.3, 0.4) is 0 Å². The van der Waals surface area contributed by atoms with Gasteiger partial charge in [0.1, 0.15) is 22.3 Å². The van der Waals surface area contributed by atoms with Crippen molar-refractivity contribution in [2.45, 2.75) is 0 Å². The highest BCUT2D eigenvalue weighted by molar-refractivity contribution is 6.12. The number of furan rings is 2. The lowest BCUT2D eigenvalue weighted by atomic mass is 9.98. The Balaban J connectivity index is 1.16. The molecule has 3 aromatic heterocycles. The van der Waals surface area contributed by atoms with Gasteiger partial charge in [-0.1, -0.05) is 145 Å². The van der Waals surface area contributed by atoms with Crippen molar-refractivity contribution in [2.75, 3.05) is 0 Å². The van der Waals surface area contributed by atoms with E-state index in [4.69, 9.17) is 37.5 Å². The van der Waals surface area contributed by atoms with E-state index in [2.05, 4.69) is 0 Å². The molecule has 0 aliphatic carbocycles. The monoisotopic (exact) mass is 732 g/mol. The number of fused-ring (bicyclic) bond motifs is 6. The summed E-state index contributed by atoms with van der Waals surface area (Å²) in [7, 11) is 0. The molecule has 8 aromatic carbocycles. The van der Waals surface area contributed by atoms with Crippen LogP contribution in [0.15, 0.2) is 197 Å². The summed E-state index contributed by atoms with van der Waals surface area (Å²) in [6, 6.07) is 19.1. The third-order valence-electron chi connectivity index (χ3n) is 9.39. The molecule has 0 unspecified atom stereocenters. The summed E-state index contributed by atoms with van der Waals surface area (Å²) >= 11 is 0. The highest BCUT2D eigenvalue weighted by Gasteiger charge is 2.19. The number of benzene rings is 8. The van der Waals surface area contributed by atoms with Crippen LogP contribution in [-0.4, -0.2) is 15.0 Å². The van der Waals surface area contributed by atoms with Gasteiger partial charge in [-0.25, -0.2) is 15.0 Å². The second-order valence-electron chi connectivity index (χ2n) is 12.8. The molecule has 0 radical (unpaired) electrons. The molecule has 5 nitrogen and oxygen atoms in total. The van der Waals surface area contributed by atoms with Crippen molar-refractivity contribution in [2.24, 2.45) is 0 Å². The Morgan fingerprint density at radius 2 is 0.982 bits per heavy atom. The number of rotatable bonds is 6. The molecule has 0 amide bonds. The summed E-state index contributed by atoms with van der Waals surface area (Å²) in [5.74, 6) is 0.147. The fourth-order valence-corrected chi connectivity index (χ4v) is 6.74. The first-order valence-electron chi connectivity index (χ1n) is 25.0. The van der Waals surface area contributed by atoms with E-state index in [1.54, 1.807) is 6.07 Å². The van der Waals surface area contributed by atoms with Crippen molar-refractivity contribution in [1.29, 1.82) is 0 Å². The number of hydrogen-bond acceptors (Lipinski definition) is 5. The molecule has 0 atom stereocenters. The SMILES string of the molecule is [2H]c1c([2H])c([2H])c(-c2c([2H])c([2H])c([2H])c(-c3c([2H])c([2H])c4oc5c([2H])c(-c6nc(-c7ccc(-c8ccccc8)cc7)nc(-c7cccc8oc9ccccc9c78)n6)c([2H])c([2H])c5c4c3[2H])c2[2H])c([2H])c1[2H]. The summed E-state index contributed by atoms with van der Waals surface area (Å²) in [4.78, 5) is 14.6. The van der Waals surface area contributed by atoms with Gasteiger partial charge in [0, 0.05) is 38.2 Å². The van der Waals surface area contributed by atoms with Crippen LogP contribution in [0.4, 0.5) is 0 Å². The maximum atomic E-state index is 9.61. The lowest BCUT2D eigenvalue weighted by Crippen LogP contribution is -2.00. The third-order valence-corrected chi connectivity index (χ3v) is 9.39. The molecule has 0 N–H and O–H groups in total. The van der Waals surface area contributed by atoms with E-state index in [1.807, 2.05) is 91.0 Å². The van der Waals surface area contributed by atoms with E-state index in [9.17, 15) is 6.85 Å². The molecule has 0 saturated carbocycles. The molecule has 11 aromatic rings. The standard InChI is InChI=1S/C51H31N3O2/c1-3-11-32(12-4-1)34-21-23-35(24-22-34)49-52-50(54-51(53-49)42-18-10-20-46-48(42)41-17-7-8-19-44(41)55-46)39-25-27-40-43-30-38(26-28-45(43)56-47(40)31-39)37-16-9-15-36(29-37)33-13-5-2-6-14-33/h1-31H/i2D,5D,6D,9D,13D,14D,15D,16D,25D,26D,27D,28D,29D,30D,31D. The van der Waals surface area contributed by atoms with Gasteiger partial charge in [0.05, 0.1) is 20.6 Å². The van der Waals surface area contributed by atoms with E-state index >= 15 is 0 Å². The summed E-state index contributed by atoms with van der Waals surface area (Å²) < 4.78 is 146. The summed E-state index contributed by atoms with van der Waals surface area (Å²) in [5.41, 5.74) is 0.689. The van der Waals surface area contributed by atoms with Gasteiger partial charge < -0.3 is 8.83 Å². The zero-order valence-electron chi connectivity index (χ0n) is 43.9. The van der Waals surface area contributed by atoms with Crippen LogP contribution < -0.4 is 0 Å². The predicted octanol–water partition coefficient (Wildman–Crippen LogP) is 13.7. The van der Waals surface area contributed by atoms with E-state index in [0.29, 0.717) is 27.7 Å². The second kappa shape index (κ2) is 13.0. The van der Waals surface area contributed by atoms with Crippen molar-refractivity contribution in [3.05, 3.63) is 188 Å². The van der Waals surface area contributed by atoms with Gasteiger partial charge in [0.25, 0.3) is 0 Å². The second-order valence-corrected chi connectivity index (χ2v) is 12.8. The Labute approximate surface area is 343 Å². The summed E-state index contributed by atoms with van der Waals surface area (Å²) in [6.45, 7) is 0. The molecule has 0 aliphatic rings. The zero-order chi connectivity index (χ0) is 50.1. The zero-order valence-corrected chi connectivity index (χ0v) is 28.9. The number of nitrogens with zero attached hydrogens (tertiary/aromatic N) is 3. The van der Waals surface area contributed by atoms with Gasteiger partial charge >= 0.3 is 0 Å². The fourth-order valence-electron chi connectivity index (χ4n) is 6.74. The third kappa shape index (κ3) is 5.53.